The number of hydrogen-bond donors (Lipinski definition) is 2. The molecule has 9 heteroatoms. The lowest BCUT2D eigenvalue weighted by Crippen LogP contribution is -2.40. The Morgan fingerprint density at radius 3 is 2.67 bits per heavy atom. The number of anilines is 1. The Morgan fingerprint density at radius 2 is 1.93 bits per heavy atom. The summed E-state index contributed by atoms with van der Waals surface area (Å²) in [6, 6.07) is 11.5. The lowest BCUT2D eigenvalue weighted by Gasteiger charge is -2.34. The van der Waals surface area contributed by atoms with Crippen molar-refractivity contribution in [3.8, 4) is 11.3 Å². The second-order valence-electron chi connectivity index (χ2n) is 7.33. The molecule has 1 unspecified atom stereocenters. The number of carbonyl (C=O) groups excluding carboxylic acids is 1. The van der Waals surface area contributed by atoms with Crippen LogP contribution in [-0.2, 0) is 7.05 Å². The number of aliphatic hydroxyl groups excluding tert-OH is 1. The van der Waals surface area contributed by atoms with Crippen LogP contribution in [0.3, 0.4) is 0 Å². The molecule has 1 atom stereocenters. The number of hydrogen-bond acceptors (Lipinski definition) is 6. The zero-order chi connectivity index (χ0) is 20.7. The van der Waals surface area contributed by atoms with E-state index in [0.717, 1.165) is 30.8 Å². The molecule has 5 rings (SSSR count). The van der Waals surface area contributed by atoms with Gasteiger partial charge < -0.3 is 10.4 Å². The highest BCUT2D eigenvalue weighted by molar-refractivity contribution is 6.04. The number of amides is 1. The first-order valence-electron chi connectivity index (χ1n) is 9.77. The quantitative estimate of drug-likeness (QED) is 0.529. The van der Waals surface area contributed by atoms with Gasteiger partial charge in [-0.15, -0.1) is 0 Å². The number of imidazole rings is 1. The van der Waals surface area contributed by atoms with Gasteiger partial charge in [-0.05, 0) is 12.5 Å². The van der Waals surface area contributed by atoms with E-state index in [1.165, 1.54) is 4.68 Å². The summed E-state index contributed by atoms with van der Waals surface area (Å²) in [6.07, 6.45) is 5.44. The summed E-state index contributed by atoms with van der Waals surface area (Å²) in [5.74, 6) is 0.494. The molecule has 0 saturated carbocycles. The second-order valence-corrected chi connectivity index (χ2v) is 7.33. The summed E-state index contributed by atoms with van der Waals surface area (Å²) >= 11 is 0. The third-order valence-electron chi connectivity index (χ3n) is 5.22. The molecule has 0 aliphatic carbocycles. The highest BCUT2D eigenvalue weighted by Gasteiger charge is 2.29. The Balaban J connectivity index is 1.40. The molecule has 2 N–H and O–H groups in total. The van der Waals surface area contributed by atoms with E-state index in [9.17, 15) is 9.90 Å². The molecule has 4 heterocycles. The van der Waals surface area contributed by atoms with Crippen molar-refractivity contribution in [2.24, 2.45) is 7.05 Å². The Hall–Kier alpha value is -3.56. The topological polar surface area (TPSA) is 101 Å². The van der Waals surface area contributed by atoms with Crippen molar-refractivity contribution in [3.05, 3.63) is 66.2 Å². The lowest BCUT2D eigenvalue weighted by atomic mass is 10.1. The first kappa shape index (κ1) is 18.5. The summed E-state index contributed by atoms with van der Waals surface area (Å²) in [6.45, 7) is 1.58. The molecular weight excluding hydrogens is 382 g/mol. The Kier molecular flexibility index (Phi) is 4.53. The van der Waals surface area contributed by atoms with E-state index < -0.39 is 6.23 Å². The Morgan fingerprint density at radius 1 is 1.13 bits per heavy atom. The van der Waals surface area contributed by atoms with E-state index in [0.29, 0.717) is 22.9 Å². The van der Waals surface area contributed by atoms with Crippen molar-refractivity contribution >= 4 is 17.5 Å². The van der Waals surface area contributed by atoms with Crippen molar-refractivity contribution in [1.82, 2.24) is 29.0 Å². The van der Waals surface area contributed by atoms with Crippen LogP contribution in [0.4, 0.5) is 5.82 Å². The van der Waals surface area contributed by atoms with Crippen LogP contribution in [0.1, 0.15) is 28.7 Å². The van der Waals surface area contributed by atoms with Gasteiger partial charge in [-0.1, -0.05) is 30.3 Å². The summed E-state index contributed by atoms with van der Waals surface area (Å²) in [4.78, 5) is 23.8. The number of fused-ring (bicyclic) bond motifs is 1. The fourth-order valence-corrected chi connectivity index (χ4v) is 3.50. The van der Waals surface area contributed by atoms with E-state index in [1.54, 1.807) is 29.9 Å². The van der Waals surface area contributed by atoms with Crippen LogP contribution < -0.4 is 5.32 Å². The number of aryl methyl sites for hydroxylation is 1. The molecular formula is C21H21N7O2. The highest BCUT2D eigenvalue weighted by atomic mass is 16.3. The van der Waals surface area contributed by atoms with Gasteiger partial charge in [0, 0.05) is 44.3 Å². The molecule has 152 valence electrons. The SMILES string of the molecule is Cn1cc(C(=O)Nc2ccn3cc(-c4ccccc4)nc3n2)c(C(O)N2CCC2)n1. The average molecular weight is 403 g/mol. The number of benzene rings is 1. The van der Waals surface area contributed by atoms with E-state index in [4.69, 9.17) is 0 Å². The molecule has 30 heavy (non-hydrogen) atoms. The molecule has 1 fully saturated rings. The van der Waals surface area contributed by atoms with Gasteiger partial charge in [0.15, 0.2) is 6.23 Å². The monoisotopic (exact) mass is 403 g/mol. The number of nitrogens with one attached hydrogen (secondary N) is 1. The van der Waals surface area contributed by atoms with Crippen molar-refractivity contribution in [2.45, 2.75) is 12.6 Å². The molecule has 4 aromatic rings. The van der Waals surface area contributed by atoms with Crippen LogP contribution in [0.25, 0.3) is 17.0 Å². The second kappa shape index (κ2) is 7.36. The van der Waals surface area contributed by atoms with Gasteiger partial charge in [0.1, 0.15) is 11.5 Å². The Labute approximate surface area is 172 Å². The fraction of sp³-hybridized carbons (Fsp3) is 0.238. The zero-order valence-corrected chi connectivity index (χ0v) is 16.4. The number of aliphatic hydroxyl groups is 1. The molecule has 9 nitrogen and oxygen atoms in total. The number of rotatable bonds is 5. The predicted molar refractivity (Wildman–Crippen MR) is 111 cm³/mol. The van der Waals surface area contributed by atoms with Crippen LogP contribution in [0.15, 0.2) is 55.0 Å². The maximum absolute atomic E-state index is 12.9. The fourth-order valence-electron chi connectivity index (χ4n) is 3.50. The van der Waals surface area contributed by atoms with E-state index in [-0.39, 0.29) is 5.91 Å². The van der Waals surface area contributed by atoms with Crippen LogP contribution in [0.2, 0.25) is 0 Å². The molecule has 1 amide bonds. The van der Waals surface area contributed by atoms with Gasteiger partial charge in [-0.25, -0.2) is 4.98 Å². The molecule has 1 aromatic carbocycles. The van der Waals surface area contributed by atoms with Gasteiger partial charge in [0.05, 0.1) is 11.3 Å². The third-order valence-corrected chi connectivity index (χ3v) is 5.22. The minimum atomic E-state index is -0.892. The molecule has 3 aromatic heterocycles. The number of nitrogens with zero attached hydrogens (tertiary/aromatic N) is 6. The molecule has 0 spiro atoms. The van der Waals surface area contributed by atoms with Crippen molar-refractivity contribution in [2.75, 3.05) is 18.4 Å². The summed E-state index contributed by atoms with van der Waals surface area (Å²) in [7, 11) is 1.73. The van der Waals surface area contributed by atoms with E-state index in [2.05, 4.69) is 20.4 Å². The highest BCUT2D eigenvalue weighted by Crippen LogP contribution is 2.25. The van der Waals surface area contributed by atoms with Gasteiger partial charge in [-0.3, -0.25) is 18.8 Å². The van der Waals surface area contributed by atoms with Gasteiger partial charge in [-0.2, -0.15) is 10.1 Å². The molecule has 1 aliphatic heterocycles. The van der Waals surface area contributed by atoms with E-state index >= 15 is 0 Å². The summed E-state index contributed by atoms with van der Waals surface area (Å²) in [5, 5.41) is 17.6. The smallest absolute Gasteiger partial charge is 0.260 e. The molecule has 1 aliphatic rings. The van der Waals surface area contributed by atoms with Crippen LogP contribution in [0, 0.1) is 0 Å². The Bertz CT molecular complexity index is 1210. The van der Waals surface area contributed by atoms with E-state index in [1.807, 2.05) is 41.4 Å². The average Bonchev–Trinajstić information content (AvgIpc) is 3.30. The maximum atomic E-state index is 12.9. The maximum Gasteiger partial charge on any atom is 0.260 e. The van der Waals surface area contributed by atoms with Crippen molar-refractivity contribution in [3.63, 3.8) is 0 Å². The van der Waals surface area contributed by atoms with Gasteiger partial charge in [0.2, 0.25) is 5.78 Å². The largest absolute Gasteiger partial charge is 0.372 e. The standard InChI is InChI=1S/C21H21N7O2/c1-26-12-15(18(25-26)20(30)27-9-5-10-27)19(29)23-17-8-11-28-13-16(22-21(28)24-17)14-6-3-2-4-7-14/h2-4,6-8,11-13,20,30H,5,9-10H2,1H3,(H,22,23,24,29). The predicted octanol–water partition coefficient (Wildman–Crippen LogP) is 2.08. The van der Waals surface area contributed by atoms with Crippen molar-refractivity contribution in [1.29, 1.82) is 0 Å². The third kappa shape index (κ3) is 3.34. The lowest BCUT2D eigenvalue weighted by molar-refractivity contribution is -0.0399. The molecule has 0 radical (unpaired) electrons. The minimum Gasteiger partial charge on any atom is -0.372 e. The summed E-state index contributed by atoms with van der Waals surface area (Å²) < 4.78 is 3.34. The first-order chi connectivity index (χ1) is 14.6. The van der Waals surface area contributed by atoms with Crippen LogP contribution >= 0.6 is 0 Å². The molecule has 0 bridgehead atoms. The van der Waals surface area contributed by atoms with Crippen LogP contribution in [-0.4, -0.2) is 53.2 Å². The number of likely N-dealkylation sites (tertiary alicyclic amines) is 1. The van der Waals surface area contributed by atoms with Crippen LogP contribution in [0.5, 0.6) is 0 Å². The molecule has 1 saturated heterocycles. The number of carbonyl (C=O) groups is 1. The summed E-state index contributed by atoms with van der Waals surface area (Å²) in [5.41, 5.74) is 2.47. The first-order valence-corrected chi connectivity index (χ1v) is 9.77. The van der Waals surface area contributed by atoms with Gasteiger partial charge >= 0.3 is 0 Å². The van der Waals surface area contributed by atoms with Gasteiger partial charge in [0.25, 0.3) is 5.91 Å². The number of aromatic nitrogens is 5. The minimum absolute atomic E-state index is 0.326. The van der Waals surface area contributed by atoms with Crippen molar-refractivity contribution < 1.29 is 9.90 Å². The normalized spacial score (nSPS) is 15.1. The zero-order valence-electron chi connectivity index (χ0n) is 16.4.